The van der Waals surface area contributed by atoms with Crippen molar-refractivity contribution in [3.05, 3.63) is 63.7 Å². The van der Waals surface area contributed by atoms with Gasteiger partial charge in [0.25, 0.3) is 0 Å². The Bertz CT molecular complexity index is 1580. The number of pyridine rings is 1. The van der Waals surface area contributed by atoms with Crippen LogP contribution in [0.1, 0.15) is 63.2 Å². The second kappa shape index (κ2) is 8.76. The van der Waals surface area contributed by atoms with E-state index in [1.54, 1.807) is 4.90 Å². The highest BCUT2D eigenvalue weighted by atomic mass is 19.1. The Labute approximate surface area is 224 Å². The quantitative estimate of drug-likeness (QED) is 0.411. The number of aromatic nitrogens is 1. The SMILES string of the molecule is CC1(C)[C@H]2CC[C@@]1(C)[C@H](Oc1ccc(-n3cc(C(=O)O)c(=O)c4cc(F)c(N5CCCC5)c(F)c43)cc1F)C2. The molecule has 3 atom stereocenters. The second-order valence-corrected chi connectivity index (χ2v) is 12.0. The van der Waals surface area contributed by atoms with E-state index in [1.807, 2.05) is 0 Å². The number of hydrogen-bond acceptors (Lipinski definition) is 4. The summed E-state index contributed by atoms with van der Waals surface area (Å²) in [6.45, 7) is 7.58. The first-order valence-electron chi connectivity index (χ1n) is 13.5. The predicted octanol–water partition coefficient (Wildman–Crippen LogP) is 6.30. The van der Waals surface area contributed by atoms with Gasteiger partial charge in [0.15, 0.2) is 17.4 Å². The summed E-state index contributed by atoms with van der Waals surface area (Å²) in [4.78, 5) is 26.3. The number of carboxylic acid groups (broad SMARTS) is 1. The molecule has 0 amide bonds. The number of fused-ring (bicyclic) bond motifs is 3. The largest absolute Gasteiger partial charge is 0.487 e. The summed E-state index contributed by atoms with van der Waals surface area (Å²) in [5.41, 5.74) is -2.18. The molecule has 2 heterocycles. The normalized spacial score (nSPS) is 25.5. The molecule has 2 aromatic carbocycles. The number of nitrogens with zero attached hydrogens (tertiary/aromatic N) is 2. The van der Waals surface area contributed by atoms with Crippen molar-refractivity contribution in [1.29, 1.82) is 0 Å². The number of rotatable bonds is 5. The van der Waals surface area contributed by atoms with Gasteiger partial charge in [-0.2, -0.15) is 0 Å². The van der Waals surface area contributed by atoms with Crippen LogP contribution in [-0.2, 0) is 0 Å². The standard InChI is InChI=1S/C30H31F3N2O4/c1-29(2)16-8-9-30(29,3)23(12-16)39-22-7-6-17(13-20(22)31)35-15-19(28(37)38)27(36)18-14-21(32)26(24(33)25(18)35)34-10-4-5-11-34/h6-7,13-16,23H,4-5,8-12H2,1-3H3,(H,37,38)/t16-,23+,30-/m0/s1. The van der Waals surface area contributed by atoms with E-state index in [2.05, 4.69) is 20.8 Å². The number of ether oxygens (including phenoxy) is 1. The summed E-state index contributed by atoms with van der Waals surface area (Å²) in [5.74, 6) is -3.61. The maximum Gasteiger partial charge on any atom is 0.341 e. The fraction of sp³-hybridized carbons (Fsp3) is 0.467. The number of carbonyl (C=O) groups is 1. The fourth-order valence-corrected chi connectivity index (χ4v) is 7.19. The Morgan fingerprint density at radius 2 is 1.79 bits per heavy atom. The van der Waals surface area contributed by atoms with Crippen LogP contribution in [0.3, 0.4) is 0 Å². The van der Waals surface area contributed by atoms with Crippen LogP contribution in [0.5, 0.6) is 5.75 Å². The molecule has 0 radical (unpaired) electrons. The minimum Gasteiger partial charge on any atom is -0.487 e. The van der Waals surface area contributed by atoms with Gasteiger partial charge in [-0.15, -0.1) is 0 Å². The number of benzene rings is 2. The minimum absolute atomic E-state index is 0.0569. The van der Waals surface area contributed by atoms with Crippen LogP contribution in [0, 0.1) is 34.2 Å². The summed E-state index contributed by atoms with van der Waals surface area (Å²) in [7, 11) is 0. The molecule has 206 valence electrons. The lowest BCUT2D eigenvalue weighted by atomic mass is 9.70. The molecular formula is C30H31F3N2O4. The van der Waals surface area contributed by atoms with Crippen molar-refractivity contribution >= 4 is 22.6 Å². The zero-order valence-electron chi connectivity index (χ0n) is 22.2. The molecule has 39 heavy (non-hydrogen) atoms. The molecule has 0 unspecified atom stereocenters. The molecule has 1 aliphatic heterocycles. The Kier molecular flexibility index (Phi) is 5.79. The summed E-state index contributed by atoms with van der Waals surface area (Å²) < 4.78 is 53.9. The topological polar surface area (TPSA) is 71.8 Å². The average molecular weight is 541 g/mol. The first-order chi connectivity index (χ1) is 18.4. The van der Waals surface area contributed by atoms with Gasteiger partial charge in [0, 0.05) is 36.5 Å². The van der Waals surface area contributed by atoms with Crippen LogP contribution in [0.4, 0.5) is 18.9 Å². The number of anilines is 1. The van der Waals surface area contributed by atoms with Crippen LogP contribution in [0.25, 0.3) is 16.6 Å². The molecule has 1 saturated heterocycles. The van der Waals surface area contributed by atoms with Gasteiger partial charge in [0.1, 0.15) is 23.2 Å². The molecular weight excluding hydrogens is 509 g/mol. The molecule has 3 aliphatic rings. The van der Waals surface area contributed by atoms with Crippen molar-refractivity contribution in [3.63, 3.8) is 0 Å². The number of hydrogen-bond donors (Lipinski definition) is 1. The molecule has 9 heteroatoms. The van der Waals surface area contributed by atoms with Crippen molar-refractivity contribution in [2.45, 2.75) is 59.0 Å². The molecule has 6 nitrogen and oxygen atoms in total. The van der Waals surface area contributed by atoms with E-state index in [-0.39, 0.29) is 39.6 Å². The van der Waals surface area contributed by atoms with Crippen LogP contribution >= 0.6 is 0 Å². The summed E-state index contributed by atoms with van der Waals surface area (Å²) in [6, 6.07) is 4.94. The molecule has 1 aromatic heterocycles. The Morgan fingerprint density at radius 3 is 2.38 bits per heavy atom. The lowest BCUT2D eigenvalue weighted by molar-refractivity contribution is 0.0278. The predicted molar refractivity (Wildman–Crippen MR) is 141 cm³/mol. The molecule has 2 aliphatic carbocycles. The molecule has 2 saturated carbocycles. The van der Waals surface area contributed by atoms with Gasteiger partial charge in [0.05, 0.1) is 10.9 Å². The third-order valence-corrected chi connectivity index (χ3v) is 9.99. The van der Waals surface area contributed by atoms with Gasteiger partial charge in [0.2, 0.25) is 5.43 Å². The van der Waals surface area contributed by atoms with Crippen LogP contribution in [0.15, 0.2) is 35.3 Å². The second-order valence-electron chi connectivity index (χ2n) is 12.0. The van der Waals surface area contributed by atoms with Gasteiger partial charge >= 0.3 is 5.97 Å². The number of aromatic carboxylic acids is 1. The average Bonchev–Trinajstić information content (AvgIpc) is 3.52. The molecule has 3 aromatic rings. The van der Waals surface area contributed by atoms with Gasteiger partial charge in [-0.1, -0.05) is 20.8 Å². The minimum atomic E-state index is -1.55. The Morgan fingerprint density at radius 1 is 1.08 bits per heavy atom. The highest BCUT2D eigenvalue weighted by Gasteiger charge is 2.62. The van der Waals surface area contributed by atoms with Crippen molar-refractivity contribution in [1.82, 2.24) is 4.57 Å². The lowest BCUT2D eigenvalue weighted by Crippen LogP contribution is -2.39. The van der Waals surface area contributed by atoms with E-state index in [0.29, 0.717) is 19.0 Å². The third-order valence-electron chi connectivity index (χ3n) is 9.99. The van der Waals surface area contributed by atoms with Crippen molar-refractivity contribution < 1.29 is 27.8 Å². The Hall–Kier alpha value is -3.49. The Balaban J connectivity index is 1.46. The highest BCUT2D eigenvalue weighted by molar-refractivity contribution is 5.94. The number of carboxylic acids is 1. The zero-order chi connectivity index (χ0) is 27.9. The first kappa shape index (κ1) is 25.8. The van der Waals surface area contributed by atoms with Crippen molar-refractivity contribution in [2.24, 2.45) is 16.7 Å². The van der Waals surface area contributed by atoms with Crippen molar-refractivity contribution in [3.8, 4) is 11.4 Å². The summed E-state index contributed by atoms with van der Waals surface area (Å²) in [6.07, 6.45) is 5.33. The monoisotopic (exact) mass is 540 g/mol. The van der Waals surface area contributed by atoms with E-state index in [0.717, 1.165) is 55.0 Å². The zero-order valence-corrected chi connectivity index (χ0v) is 22.2. The van der Waals surface area contributed by atoms with E-state index < -0.39 is 39.8 Å². The highest BCUT2D eigenvalue weighted by Crippen LogP contribution is 2.66. The van der Waals surface area contributed by atoms with Crippen LogP contribution in [0.2, 0.25) is 0 Å². The van der Waals surface area contributed by atoms with Gasteiger partial charge in [-0.25, -0.2) is 18.0 Å². The maximum absolute atomic E-state index is 16.0. The molecule has 0 spiro atoms. The van der Waals surface area contributed by atoms with E-state index in [4.69, 9.17) is 4.74 Å². The lowest BCUT2D eigenvalue weighted by Gasteiger charge is -2.38. The van der Waals surface area contributed by atoms with E-state index >= 15 is 13.2 Å². The summed E-state index contributed by atoms with van der Waals surface area (Å²) >= 11 is 0. The maximum atomic E-state index is 16.0. The smallest absolute Gasteiger partial charge is 0.341 e. The van der Waals surface area contributed by atoms with E-state index in [1.165, 1.54) is 12.1 Å². The molecule has 2 bridgehead atoms. The van der Waals surface area contributed by atoms with Crippen molar-refractivity contribution in [2.75, 3.05) is 18.0 Å². The molecule has 3 fully saturated rings. The first-order valence-corrected chi connectivity index (χ1v) is 13.5. The van der Waals surface area contributed by atoms with E-state index in [9.17, 15) is 14.7 Å². The van der Waals surface area contributed by atoms with Crippen LogP contribution in [-0.4, -0.2) is 34.8 Å². The summed E-state index contributed by atoms with van der Waals surface area (Å²) in [5, 5.41) is 9.21. The van der Waals surface area contributed by atoms with Crippen LogP contribution < -0.4 is 15.1 Å². The molecule has 1 N–H and O–H groups in total. The van der Waals surface area contributed by atoms with Gasteiger partial charge in [-0.3, -0.25) is 4.79 Å². The fourth-order valence-electron chi connectivity index (χ4n) is 7.19. The van der Waals surface area contributed by atoms with Gasteiger partial charge in [-0.05, 0) is 61.6 Å². The number of halogens is 3. The molecule has 6 rings (SSSR count). The third kappa shape index (κ3) is 3.68. The van der Waals surface area contributed by atoms with Gasteiger partial charge < -0.3 is 19.3 Å².